The van der Waals surface area contributed by atoms with E-state index in [-0.39, 0.29) is 17.5 Å². The van der Waals surface area contributed by atoms with E-state index in [1.165, 1.54) is 6.07 Å². The fourth-order valence-electron chi connectivity index (χ4n) is 2.05. The van der Waals surface area contributed by atoms with Crippen LogP contribution in [0.3, 0.4) is 0 Å². The highest BCUT2D eigenvalue weighted by Crippen LogP contribution is 2.21. The van der Waals surface area contributed by atoms with E-state index in [4.69, 9.17) is 27.6 Å². The summed E-state index contributed by atoms with van der Waals surface area (Å²) in [4.78, 5) is 25.7. The van der Waals surface area contributed by atoms with Gasteiger partial charge in [0.05, 0.1) is 16.1 Å². The maximum atomic E-state index is 12.1. The third-order valence-corrected chi connectivity index (χ3v) is 3.66. The lowest BCUT2D eigenvalue weighted by atomic mass is 10.2. The Hall–Kier alpha value is -2.24. The molecule has 0 radical (unpaired) electrons. The minimum atomic E-state index is -0.510. The molecule has 3 rings (SSSR count). The highest BCUT2D eigenvalue weighted by molar-refractivity contribution is 6.36. The van der Waals surface area contributed by atoms with Crippen molar-refractivity contribution in [2.75, 3.05) is 0 Å². The van der Waals surface area contributed by atoms with E-state index in [9.17, 15) is 9.59 Å². The van der Waals surface area contributed by atoms with Crippen molar-refractivity contribution in [1.29, 1.82) is 0 Å². The zero-order chi connectivity index (χ0) is 15.7. The third-order valence-electron chi connectivity index (χ3n) is 3.11. The van der Waals surface area contributed by atoms with Crippen LogP contribution in [0.4, 0.5) is 0 Å². The second-order valence-electron chi connectivity index (χ2n) is 4.65. The Kier molecular flexibility index (Phi) is 3.92. The molecule has 22 heavy (non-hydrogen) atoms. The van der Waals surface area contributed by atoms with Crippen molar-refractivity contribution in [3.05, 3.63) is 68.1 Å². The van der Waals surface area contributed by atoms with Crippen molar-refractivity contribution in [2.45, 2.75) is 6.54 Å². The van der Waals surface area contributed by atoms with Crippen molar-refractivity contribution in [3.8, 4) is 0 Å². The summed E-state index contributed by atoms with van der Waals surface area (Å²) in [5.74, 6) is -0.818. The molecule has 0 fully saturated rings. The molecule has 1 amide bonds. The van der Waals surface area contributed by atoms with Crippen LogP contribution in [0, 0.1) is 0 Å². The molecule has 2 N–H and O–H groups in total. The van der Waals surface area contributed by atoms with Gasteiger partial charge in [-0.2, -0.15) is 0 Å². The first-order valence-electron chi connectivity index (χ1n) is 6.38. The molecule has 1 aromatic heterocycles. The number of rotatable bonds is 3. The SMILES string of the molecule is O=C(NCc1ccc2[nH]c(=O)oc2c1)c1ccc(Cl)cc1Cl. The smallest absolute Gasteiger partial charge is 0.408 e. The first-order valence-corrected chi connectivity index (χ1v) is 7.13. The van der Waals surface area contributed by atoms with Gasteiger partial charge in [-0.05, 0) is 35.9 Å². The highest BCUT2D eigenvalue weighted by Gasteiger charge is 2.11. The van der Waals surface area contributed by atoms with Crippen LogP contribution >= 0.6 is 23.2 Å². The number of carbonyl (C=O) groups is 1. The van der Waals surface area contributed by atoms with Gasteiger partial charge in [-0.15, -0.1) is 0 Å². The van der Waals surface area contributed by atoms with Crippen LogP contribution in [0.15, 0.2) is 45.6 Å². The Morgan fingerprint density at radius 2 is 2.00 bits per heavy atom. The zero-order valence-electron chi connectivity index (χ0n) is 11.2. The average Bonchev–Trinajstić information content (AvgIpc) is 2.84. The molecular weight excluding hydrogens is 327 g/mol. The highest BCUT2D eigenvalue weighted by atomic mass is 35.5. The standard InChI is InChI=1S/C15H10Cl2N2O3/c16-9-2-3-10(11(17)6-9)14(20)18-7-8-1-4-12-13(5-8)22-15(21)19-12/h1-6H,7H2,(H,18,20)(H,19,21). The molecule has 0 aliphatic carbocycles. The number of oxazole rings is 1. The first kappa shape index (κ1) is 14.7. The summed E-state index contributed by atoms with van der Waals surface area (Å²) in [6.07, 6.45) is 0. The van der Waals surface area contributed by atoms with Gasteiger partial charge < -0.3 is 9.73 Å². The normalized spacial score (nSPS) is 10.8. The van der Waals surface area contributed by atoms with Gasteiger partial charge >= 0.3 is 5.76 Å². The van der Waals surface area contributed by atoms with Crippen molar-refractivity contribution in [2.24, 2.45) is 0 Å². The molecule has 112 valence electrons. The van der Waals surface area contributed by atoms with Crippen LogP contribution < -0.4 is 11.1 Å². The number of nitrogens with one attached hydrogen (secondary N) is 2. The number of H-pyrrole nitrogens is 1. The number of carbonyl (C=O) groups excluding carboxylic acids is 1. The van der Waals surface area contributed by atoms with E-state index in [1.54, 1.807) is 30.3 Å². The van der Waals surface area contributed by atoms with Crippen LogP contribution in [0.1, 0.15) is 15.9 Å². The molecule has 0 aliphatic heterocycles. The van der Waals surface area contributed by atoms with Gasteiger partial charge in [-0.25, -0.2) is 4.79 Å². The minimum Gasteiger partial charge on any atom is -0.408 e. The van der Waals surface area contributed by atoms with Crippen LogP contribution in [0.2, 0.25) is 10.0 Å². The molecular formula is C15H10Cl2N2O3. The summed E-state index contributed by atoms with van der Waals surface area (Å²) in [5, 5.41) is 3.51. The lowest BCUT2D eigenvalue weighted by Gasteiger charge is -2.07. The Morgan fingerprint density at radius 1 is 1.18 bits per heavy atom. The topological polar surface area (TPSA) is 75.1 Å². The monoisotopic (exact) mass is 336 g/mol. The molecule has 1 heterocycles. The molecule has 0 bridgehead atoms. The Labute approximate surface area is 134 Å². The van der Waals surface area contributed by atoms with Crippen LogP contribution in [-0.2, 0) is 6.54 Å². The van der Waals surface area contributed by atoms with Gasteiger partial charge in [0.15, 0.2) is 5.58 Å². The Bertz CT molecular complexity index is 915. The van der Waals surface area contributed by atoms with Gasteiger partial charge in [0, 0.05) is 11.6 Å². The molecule has 3 aromatic rings. The second-order valence-corrected chi connectivity index (χ2v) is 5.50. The summed E-state index contributed by atoms with van der Waals surface area (Å²) in [6.45, 7) is 0.280. The van der Waals surface area contributed by atoms with E-state index in [1.807, 2.05) is 0 Å². The molecule has 0 aliphatic rings. The summed E-state index contributed by atoms with van der Waals surface area (Å²) in [6, 6.07) is 9.88. The van der Waals surface area contributed by atoms with Gasteiger partial charge in [0.25, 0.3) is 5.91 Å². The number of aromatic nitrogens is 1. The molecule has 0 unspecified atom stereocenters. The van der Waals surface area contributed by atoms with Gasteiger partial charge in [0.1, 0.15) is 0 Å². The number of benzene rings is 2. The fourth-order valence-corrected chi connectivity index (χ4v) is 2.55. The molecule has 5 nitrogen and oxygen atoms in total. The van der Waals surface area contributed by atoms with Crippen LogP contribution in [0.5, 0.6) is 0 Å². The van der Waals surface area contributed by atoms with Crippen molar-refractivity contribution in [3.63, 3.8) is 0 Å². The molecule has 0 saturated heterocycles. The predicted molar refractivity (Wildman–Crippen MR) is 84.5 cm³/mol. The van der Waals surface area contributed by atoms with Gasteiger partial charge in [-0.1, -0.05) is 29.3 Å². The first-order chi connectivity index (χ1) is 10.5. The molecule has 7 heteroatoms. The number of halogens is 2. The number of hydrogen-bond donors (Lipinski definition) is 2. The van der Waals surface area contributed by atoms with E-state index in [2.05, 4.69) is 10.3 Å². The maximum Gasteiger partial charge on any atom is 0.417 e. The lowest BCUT2D eigenvalue weighted by molar-refractivity contribution is 0.0951. The maximum absolute atomic E-state index is 12.1. The summed E-state index contributed by atoms with van der Waals surface area (Å²) >= 11 is 11.8. The summed E-state index contributed by atoms with van der Waals surface area (Å²) in [7, 11) is 0. The quantitative estimate of drug-likeness (QED) is 0.770. The van der Waals surface area contributed by atoms with E-state index in [0.717, 1.165) is 5.56 Å². The second kappa shape index (κ2) is 5.87. The number of hydrogen-bond acceptors (Lipinski definition) is 3. The molecule has 0 spiro atoms. The molecule has 0 saturated carbocycles. The van der Waals surface area contributed by atoms with Crippen LogP contribution in [-0.4, -0.2) is 10.9 Å². The Balaban J connectivity index is 1.75. The van der Waals surface area contributed by atoms with Crippen LogP contribution in [0.25, 0.3) is 11.1 Å². The Morgan fingerprint density at radius 3 is 2.77 bits per heavy atom. The number of amides is 1. The number of aromatic amines is 1. The van der Waals surface area contributed by atoms with E-state index in [0.29, 0.717) is 21.7 Å². The zero-order valence-corrected chi connectivity index (χ0v) is 12.7. The van der Waals surface area contributed by atoms with E-state index >= 15 is 0 Å². The van der Waals surface area contributed by atoms with Gasteiger partial charge in [0.2, 0.25) is 0 Å². The summed E-state index contributed by atoms with van der Waals surface area (Å²) < 4.78 is 4.97. The van der Waals surface area contributed by atoms with E-state index < -0.39 is 5.76 Å². The fraction of sp³-hybridized carbons (Fsp3) is 0.0667. The van der Waals surface area contributed by atoms with Gasteiger partial charge in [-0.3, -0.25) is 9.78 Å². The van der Waals surface area contributed by atoms with Crippen molar-refractivity contribution < 1.29 is 9.21 Å². The predicted octanol–water partition coefficient (Wildman–Crippen LogP) is 3.36. The average molecular weight is 337 g/mol. The summed E-state index contributed by atoms with van der Waals surface area (Å²) in [5.41, 5.74) is 2.20. The van der Waals surface area contributed by atoms with Crippen molar-refractivity contribution in [1.82, 2.24) is 10.3 Å². The molecule has 0 atom stereocenters. The third kappa shape index (κ3) is 3.00. The lowest BCUT2D eigenvalue weighted by Crippen LogP contribution is -2.23. The van der Waals surface area contributed by atoms with Crippen molar-refractivity contribution >= 4 is 40.2 Å². The molecule has 2 aromatic carbocycles. The number of fused-ring (bicyclic) bond motifs is 1. The largest absolute Gasteiger partial charge is 0.417 e. The minimum absolute atomic E-state index is 0.280.